The highest BCUT2D eigenvalue weighted by atomic mass is 16.3. The predicted octanol–water partition coefficient (Wildman–Crippen LogP) is 2.30. The maximum Gasteiger partial charge on any atom is 0.297 e. The van der Waals surface area contributed by atoms with Crippen LogP contribution < -0.4 is 10.9 Å². The molecule has 23 heavy (non-hydrogen) atoms. The smallest absolute Gasteiger partial charge is 0.297 e. The molecule has 0 saturated carbocycles. The Morgan fingerprint density at radius 3 is 2.91 bits per heavy atom. The van der Waals surface area contributed by atoms with E-state index in [4.69, 9.17) is 4.42 Å². The molecular formula is C17H19N3O3. The van der Waals surface area contributed by atoms with Gasteiger partial charge in [0.2, 0.25) is 11.5 Å². The van der Waals surface area contributed by atoms with E-state index in [-0.39, 0.29) is 23.6 Å². The fourth-order valence-electron chi connectivity index (χ4n) is 2.44. The lowest BCUT2D eigenvalue weighted by Gasteiger charge is -2.08. The second-order valence-electron chi connectivity index (χ2n) is 5.99. The molecule has 0 fully saturated rings. The van der Waals surface area contributed by atoms with Gasteiger partial charge in [0, 0.05) is 11.9 Å². The summed E-state index contributed by atoms with van der Waals surface area (Å²) in [5.74, 6) is 0.316. The first-order valence-corrected chi connectivity index (χ1v) is 7.69. The number of hydrogen-bond donors (Lipinski definition) is 1. The number of nitrogens with zero attached hydrogens (tertiary/aromatic N) is 2. The average molecular weight is 313 g/mol. The van der Waals surface area contributed by atoms with Crippen molar-refractivity contribution < 1.29 is 9.21 Å². The number of aromatic nitrogens is 2. The third-order valence-electron chi connectivity index (χ3n) is 3.71. The molecular weight excluding hydrogens is 294 g/mol. The van der Waals surface area contributed by atoms with Gasteiger partial charge in [-0.05, 0) is 24.5 Å². The first kappa shape index (κ1) is 15.3. The highest BCUT2D eigenvalue weighted by molar-refractivity contribution is 6.01. The van der Waals surface area contributed by atoms with Gasteiger partial charge in [-0.2, -0.15) is 0 Å². The van der Waals surface area contributed by atoms with Crippen molar-refractivity contribution in [1.82, 2.24) is 14.9 Å². The molecule has 0 aliphatic rings. The van der Waals surface area contributed by atoms with E-state index in [1.165, 1.54) is 10.9 Å². The van der Waals surface area contributed by atoms with Gasteiger partial charge in [0.25, 0.3) is 5.56 Å². The van der Waals surface area contributed by atoms with E-state index in [1.807, 2.05) is 18.2 Å². The lowest BCUT2D eigenvalue weighted by atomic mass is 10.1. The van der Waals surface area contributed by atoms with Crippen LogP contribution in [0.25, 0.3) is 22.1 Å². The van der Waals surface area contributed by atoms with Gasteiger partial charge in [-0.1, -0.05) is 26.0 Å². The van der Waals surface area contributed by atoms with E-state index in [0.29, 0.717) is 23.6 Å². The van der Waals surface area contributed by atoms with Crippen LogP contribution in [0, 0.1) is 5.92 Å². The Kier molecular flexibility index (Phi) is 4.14. The Hall–Kier alpha value is -2.63. The van der Waals surface area contributed by atoms with Crippen LogP contribution in [0.1, 0.15) is 20.3 Å². The maximum atomic E-state index is 12.5. The standard InChI is InChI=1S/C17H19N3O3/c1-11(2)7-8-18-14(21)9-20-10-19-15-12-5-3-4-6-13(12)23-16(15)17(20)22/h3-6,10-11H,7-9H2,1-2H3,(H,18,21). The number of amides is 1. The van der Waals surface area contributed by atoms with E-state index in [2.05, 4.69) is 24.1 Å². The summed E-state index contributed by atoms with van der Waals surface area (Å²) in [5, 5.41) is 3.61. The molecule has 0 aliphatic carbocycles. The van der Waals surface area contributed by atoms with E-state index < -0.39 is 0 Å². The summed E-state index contributed by atoms with van der Waals surface area (Å²) in [7, 11) is 0. The van der Waals surface area contributed by atoms with Gasteiger partial charge >= 0.3 is 0 Å². The molecule has 2 aromatic heterocycles. The molecule has 3 rings (SSSR count). The minimum absolute atomic E-state index is 0.0586. The normalized spacial score (nSPS) is 11.4. The summed E-state index contributed by atoms with van der Waals surface area (Å²) < 4.78 is 6.86. The molecule has 0 aliphatic heterocycles. The number of para-hydroxylation sites is 1. The van der Waals surface area contributed by atoms with Gasteiger partial charge in [-0.25, -0.2) is 4.98 Å². The van der Waals surface area contributed by atoms with Crippen molar-refractivity contribution in [1.29, 1.82) is 0 Å². The molecule has 0 atom stereocenters. The van der Waals surface area contributed by atoms with E-state index in [0.717, 1.165) is 11.8 Å². The molecule has 1 N–H and O–H groups in total. The first-order valence-electron chi connectivity index (χ1n) is 7.69. The van der Waals surface area contributed by atoms with Crippen molar-refractivity contribution in [3.63, 3.8) is 0 Å². The largest absolute Gasteiger partial charge is 0.448 e. The zero-order valence-electron chi connectivity index (χ0n) is 13.2. The Balaban J connectivity index is 1.85. The molecule has 0 spiro atoms. The zero-order chi connectivity index (χ0) is 16.4. The van der Waals surface area contributed by atoms with Gasteiger partial charge in [0.1, 0.15) is 17.6 Å². The van der Waals surface area contributed by atoms with Crippen LogP contribution in [0.2, 0.25) is 0 Å². The van der Waals surface area contributed by atoms with Crippen LogP contribution in [0.15, 0.2) is 39.8 Å². The van der Waals surface area contributed by atoms with E-state index >= 15 is 0 Å². The molecule has 120 valence electrons. The fraction of sp³-hybridized carbons (Fsp3) is 0.353. The van der Waals surface area contributed by atoms with Gasteiger partial charge in [0.15, 0.2) is 0 Å². The summed E-state index contributed by atoms with van der Waals surface area (Å²) >= 11 is 0. The highest BCUT2D eigenvalue weighted by Crippen LogP contribution is 2.23. The Morgan fingerprint density at radius 2 is 2.13 bits per heavy atom. The quantitative estimate of drug-likeness (QED) is 0.784. The summed E-state index contributed by atoms with van der Waals surface area (Å²) in [6.45, 7) is 4.73. The monoisotopic (exact) mass is 313 g/mol. The number of hydrogen-bond acceptors (Lipinski definition) is 4. The van der Waals surface area contributed by atoms with Crippen molar-refractivity contribution in [2.24, 2.45) is 5.92 Å². The Bertz CT molecular complexity index is 908. The summed E-state index contributed by atoms with van der Waals surface area (Å²) in [6.07, 6.45) is 2.30. The fourth-order valence-corrected chi connectivity index (χ4v) is 2.44. The summed E-state index contributed by atoms with van der Waals surface area (Å²) in [4.78, 5) is 28.7. The molecule has 0 bridgehead atoms. The minimum Gasteiger partial charge on any atom is -0.448 e. The second-order valence-corrected chi connectivity index (χ2v) is 5.99. The van der Waals surface area contributed by atoms with Crippen molar-refractivity contribution in [3.8, 4) is 0 Å². The Morgan fingerprint density at radius 1 is 1.35 bits per heavy atom. The summed E-state index contributed by atoms with van der Waals surface area (Å²) in [6, 6.07) is 7.36. The molecule has 6 heteroatoms. The lowest BCUT2D eigenvalue weighted by Crippen LogP contribution is -2.33. The number of furan rings is 1. The number of carbonyl (C=O) groups excluding carboxylic acids is 1. The third-order valence-corrected chi connectivity index (χ3v) is 3.71. The molecule has 3 aromatic rings. The van der Waals surface area contributed by atoms with Gasteiger partial charge in [-0.15, -0.1) is 0 Å². The lowest BCUT2D eigenvalue weighted by molar-refractivity contribution is -0.121. The predicted molar refractivity (Wildman–Crippen MR) is 88.2 cm³/mol. The topological polar surface area (TPSA) is 77.1 Å². The zero-order valence-corrected chi connectivity index (χ0v) is 13.2. The van der Waals surface area contributed by atoms with E-state index in [1.54, 1.807) is 6.07 Å². The number of nitrogens with one attached hydrogen (secondary N) is 1. The van der Waals surface area contributed by atoms with Crippen molar-refractivity contribution >= 4 is 28.0 Å². The molecule has 6 nitrogen and oxygen atoms in total. The second kappa shape index (κ2) is 6.24. The van der Waals surface area contributed by atoms with Crippen LogP contribution in [0.4, 0.5) is 0 Å². The number of fused-ring (bicyclic) bond motifs is 3. The van der Waals surface area contributed by atoms with E-state index in [9.17, 15) is 9.59 Å². The van der Waals surface area contributed by atoms with Gasteiger partial charge < -0.3 is 9.73 Å². The van der Waals surface area contributed by atoms with Crippen LogP contribution >= 0.6 is 0 Å². The molecule has 2 heterocycles. The Labute approximate surface area is 133 Å². The molecule has 1 aromatic carbocycles. The highest BCUT2D eigenvalue weighted by Gasteiger charge is 2.14. The summed E-state index contributed by atoms with van der Waals surface area (Å²) in [5.41, 5.74) is 0.988. The van der Waals surface area contributed by atoms with Crippen LogP contribution in [0.5, 0.6) is 0 Å². The first-order chi connectivity index (χ1) is 11.1. The van der Waals surface area contributed by atoms with Crippen LogP contribution in [-0.2, 0) is 11.3 Å². The number of benzene rings is 1. The van der Waals surface area contributed by atoms with Crippen molar-refractivity contribution in [2.45, 2.75) is 26.8 Å². The number of carbonyl (C=O) groups is 1. The maximum absolute atomic E-state index is 12.5. The molecule has 0 radical (unpaired) electrons. The average Bonchev–Trinajstić information content (AvgIpc) is 2.89. The van der Waals surface area contributed by atoms with Crippen molar-refractivity contribution in [3.05, 3.63) is 40.9 Å². The molecule has 0 unspecified atom stereocenters. The van der Waals surface area contributed by atoms with Gasteiger partial charge in [-0.3, -0.25) is 14.2 Å². The molecule has 0 saturated heterocycles. The minimum atomic E-state index is -0.342. The van der Waals surface area contributed by atoms with Crippen molar-refractivity contribution in [2.75, 3.05) is 6.54 Å². The molecule has 1 amide bonds. The van der Waals surface area contributed by atoms with Crippen LogP contribution in [-0.4, -0.2) is 22.0 Å². The van der Waals surface area contributed by atoms with Crippen LogP contribution in [0.3, 0.4) is 0 Å². The number of rotatable bonds is 5. The van der Waals surface area contributed by atoms with Gasteiger partial charge in [0.05, 0.1) is 6.33 Å². The third kappa shape index (κ3) is 3.11. The SMILES string of the molecule is CC(C)CCNC(=O)Cn1cnc2c(oc3ccccc32)c1=O.